The molecule has 1 aliphatic heterocycles. The minimum atomic E-state index is -0.0497. The first-order valence-electron chi connectivity index (χ1n) is 10.1. The van der Waals surface area contributed by atoms with Crippen molar-refractivity contribution in [1.29, 1.82) is 0 Å². The minimum absolute atomic E-state index is 0.0250. The highest BCUT2D eigenvalue weighted by molar-refractivity contribution is 5.97. The number of rotatable bonds is 3. The lowest BCUT2D eigenvalue weighted by Crippen LogP contribution is -2.37. The molecule has 1 fully saturated rings. The smallest absolute Gasteiger partial charge is 0.257 e. The van der Waals surface area contributed by atoms with E-state index in [4.69, 9.17) is 4.74 Å². The number of nitrogens with zero attached hydrogens (tertiary/aromatic N) is 2. The van der Waals surface area contributed by atoms with E-state index < -0.39 is 0 Å². The molecule has 5 heteroatoms. The predicted molar refractivity (Wildman–Crippen MR) is 115 cm³/mol. The number of methoxy groups -OCH3 is 1. The molecule has 0 aromatic heterocycles. The van der Waals surface area contributed by atoms with Gasteiger partial charge in [0.1, 0.15) is 5.75 Å². The molecular formula is C24H30N2O3. The summed E-state index contributed by atoms with van der Waals surface area (Å²) in [4.78, 5) is 29.6. The summed E-state index contributed by atoms with van der Waals surface area (Å²) in [5.74, 6) is 0.553. The van der Waals surface area contributed by atoms with Gasteiger partial charge < -0.3 is 14.5 Å². The first kappa shape index (κ1) is 20.9. The van der Waals surface area contributed by atoms with Gasteiger partial charge in [-0.2, -0.15) is 0 Å². The fraction of sp³-hybridized carbons (Fsp3) is 0.417. The summed E-state index contributed by atoms with van der Waals surface area (Å²) in [6.45, 7) is 8.80. The molecule has 0 unspecified atom stereocenters. The van der Waals surface area contributed by atoms with E-state index in [9.17, 15) is 9.59 Å². The maximum absolute atomic E-state index is 13.0. The highest BCUT2D eigenvalue weighted by Gasteiger charge is 2.25. The van der Waals surface area contributed by atoms with Crippen LogP contribution in [0.5, 0.6) is 5.75 Å². The zero-order chi connectivity index (χ0) is 21.0. The normalized spacial score (nSPS) is 15.0. The number of hydrogen-bond donors (Lipinski definition) is 0. The maximum Gasteiger partial charge on any atom is 0.257 e. The average Bonchev–Trinajstić information content (AvgIpc) is 2.98. The van der Waals surface area contributed by atoms with Crippen molar-refractivity contribution in [1.82, 2.24) is 9.80 Å². The Hall–Kier alpha value is -2.82. The molecule has 0 aliphatic carbocycles. The Morgan fingerprint density at radius 2 is 1.41 bits per heavy atom. The second kappa shape index (κ2) is 8.68. The zero-order valence-corrected chi connectivity index (χ0v) is 17.8. The van der Waals surface area contributed by atoms with Gasteiger partial charge in [0.25, 0.3) is 11.8 Å². The van der Waals surface area contributed by atoms with Crippen LogP contribution >= 0.6 is 0 Å². The van der Waals surface area contributed by atoms with Crippen LogP contribution in [0.15, 0.2) is 48.5 Å². The van der Waals surface area contributed by atoms with Crippen LogP contribution in [0.2, 0.25) is 0 Å². The third kappa shape index (κ3) is 4.78. The number of para-hydroxylation sites is 1. The largest absolute Gasteiger partial charge is 0.496 e. The molecule has 0 atom stereocenters. The Morgan fingerprint density at radius 1 is 0.828 bits per heavy atom. The molecule has 29 heavy (non-hydrogen) atoms. The van der Waals surface area contributed by atoms with Gasteiger partial charge in [0.2, 0.25) is 0 Å². The summed E-state index contributed by atoms with van der Waals surface area (Å²) in [7, 11) is 1.57. The van der Waals surface area contributed by atoms with E-state index in [0.717, 1.165) is 6.42 Å². The van der Waals surface area contributed by atoms with Gasteiger partial charge in [-0.25, -0.2) is 0 Å². The standard InChI is InChI=1S/C24H30N2O3/c1-24(2,3)19-12-10-18(11-13-19)22(27)25-14-7-15-26(17-16-25)23(28)20-8-5-6-9-21(20)29-4/h5-6,8-13H,7,14-17H2,1-4H3. The van der Waals surface area contributed by atoms with E-state index in [2.05, 4.69) is 20.8 Å². The molecule has 2 aromatic rings. The van der Waals surface area contributed by atoms with Crippen molar-refractivity contribution in [3.8, 4) is 5.75 Å². The number of hydrogen-bond acceptors (Lipinski definition) is 3. The molecule has 0 bridgehead atoms. The van der Waals surface area contributed by atoms with Crippen LogP contribution in [-0.2, 0) is 5.41 Å². The Balaban J connectivity index is 1.68. The van der Waals surface area contributed by atoms with Crippen LogP contribution < -0.4 is 4.74 Å². The minimum Gasteiger partial charge on any atom is -0.496 e. The Labute approximate surface area is 173 Å². The molecular weight excluding hydrogens is 364 g/mol. The van der Waals surface area contributed by atoms with Crippen molar-refractivity contribution in [3.63, 3.8) is 0 Å². The number of benzene rings is 2. The molecule has 0 radical (unpaired) electrons. The molecule has 2 amide bonds. The lowest BCUT2D eigenvalue weighted by atomic mass is 9.86. The predicted octanol–water partition coefficient (Wildman–Crippen LogP) is 3.98. The molecule has 154 valence electrons. The molecule has 2 aromatic carbocycles. The number of amides is 2. The maximum atomic E-state index is 13.0. The zero-order valence-electron chi connectivity index (χ0n) is 17.8. The summed E-state index contributed by atoms with van der Waals surface area (Å²) < 4.78 is 5.33. The Kier molecular flexibility index (Phi) is 6.26. The SMILES string of the molecule is COc1ccccc1C(=O)N1CCCN(C(=O)c2ccc(C(C)(C)C)cc2)CC1. The molecule has 1 saturated heterocycles. The van der Waals surface area contributed by atoms with Crippen LogP contribution in [-0.4, -0.2) is 54.9 Å². The number of carbonyl (C=O) groups is 2. The molecule has 3 rings (SSSR count). The van der Waals surface area contributed by atoms with Crippen LogP contribution in [0, 0.1) is 0 Å². The highest BCUT2D eigenvalue weighted by atomic mass is 16.5. The topological polar surface area (TPSA) is 49.9 Å². The van der Waals surface area contributed by atoms with Crippen LogP contribution in [0.1, 0.15) is 53.5 Å². The van der Waals surface area contributed by atoms with Crippen molar-refractivity contribution >= 4 is 11.8 Å². The van der Waals surface area contributed by atoms with Crippen molar-refractivity contribution in [2.75, 3.05) is 33.3 Å². The van der Waals surface area contributed by atoms with Gasteiger partial charge in [-0.05, 0) is 41.7 Å². The molecule has 0 N–H and O–H groups in total. The van der Waals surface area contributed by atoms with E-state index in [1.54, 1.807) is 19.2 Å². The highest BCUT2D eigenvalue weighted by Crippen LogP contribution is 2.23. The van der Waals surface area contributed by atoms with Crippen LogP contribution in [0.3, 0.4) is 0 Å². The summed E-state index contributed by atoms with van der Waals surface area (Å²) >= 11 is 0. The quantitative estimate of drug-likeness (QED) is 0.791. The Morgan fingerprint density at radius 3 is 2.00 bits per heavy atom. The van der Waals surface area contributed by atoms with Crippen LogP contribution in [0.25, 0.3) is 0 Å². The van der Waals surface area contributed by atoms with E-state index in [-0.39, 0.29) is 17.2 Å². The lowest BCUT2D eigenvalue weighted by molar-refractivity contribution is 0.0717. The van der Waals surface area contributed by atoms with Crippen molar-refractivity contribution in [2.24, 2.45) is 0 Å². The Bertz CT molecular complexity index is 868. The van der Waals surface area contributed by atoms with E-state index >= 15 is 0 Å². The van der Waals surface area contributed by atoms with Gasteiger partial charge in [-0.15, -0.1) is 0 Å². The molecule has 1 heterocycles. The average molecular weight is 395 g/mol. The van der Waals surface area contributed by atoms with Gasteiger partial charge in [0.05, 0.1) is 12.7 Å². The second-order valence-electron chi connectivity index (χ2n) is 8.47. The first-order valence-corrected chi connectivity index (χ1v) is 10.1. The van der Waals surface area contributed by atoms with E-state index in [0.29, 0.717) is 43.1 Å². The van der Waals surface area contributed by atoms with E-state index in [1.165, 1.54) is 5.56 Å². The lowest BCUT2D eigenvalue weighted by Gasteiger charge is -2.23. The first-order chi connectivity index (χ1) is 13.8. The fourth-order valence-electron chi connectivity index (χ4n) is 3.61. The molecule has 0 saturated carbocycles. The van der Waals surface area contributed by atoms with Gasteiger partial charge in [0.15, 0.2) is 0 Å². The number of ether oxygens (including phenoxy) is 1. The summed E-state index contributed by atoms with van der Waals surface area (Å²) in [5, 5.41) is 0. The van der Waals surface area contributed by atoms with Crippen molar-refractivity contribution < 1.29 is 14.3 Å². The van der Waals surface area contributed by atoms with Crippen molar-refractivity contribution in [2.45, 2.75) is 32.6 Å². The molecule has 1 aliphatic rings. The molecule has 5 nitrogen and oxygen atoms in total. The van der Waals surface area contributed by atoms with Gasteiger partial charge in [-0.3, -0.25) is 9.59 Å². The van der Waals surface area contributed by atoms with Gasteiger partial charge in [0, 0.05) is 31.7 Å². The fourth-order valence-corrected chi connectivity index (χ4v) is 3.61. The third-order valence-electron chi connectivity index (χ3n) is 5.41. The summed E-state index contributed by atoms with van der Waals surface area (Å²) in [5.41, 5.74) is 2.53. The van der Waals surface area contributed by atoms with E-state index in [1.807, 2.05) is 46.2 Å². The molecule has 0 spiro atoms. The van der Waals surface area contributed by atoms with Crippen molar-refractivity contribution in [3.05, 3.63) is 65.2 Å². The van der Waals surface area contributed by atoms with Gasteiger partial charge in [-0.1, -0.05) is 45.0 Å². The van der Waals surface area contributed by atoms with Gasteiger partial charge >= 0.3 is 0 Å². The summed E-state index contributed by atoms with van der Waals surface area (Å²) in [6.07, 6.45) is 0.757. The summed E-state index contributed by atoms with van der Waals surface area (Å²) in [6, 6.07) is 15.1. The monoisotopic (exact) mass is 394 g/mol. The second-order valence-corrected chi connectivity index (χ2v) is 8.47. The number of carbonyl (C=O) groups excluding carboxylic acids is 2. The van der Waals surface area contributed by atoms with Crippen LogP contribution in [0.4, 0.5) is 0 Å². The third-order valence-corrected chi connectivity index (χ3v) is 5.41.